The number of thiophene rings is 1. The molecule has 0 aliphatic carbocycles. The Morgan fingerprint density at radius 3 is 2.93 bits per heavy atom. The van der Waals surface area contributed by atoms with E-state index in [0.29, 0.717) is 17.1 Å². The van der Waals surface area contributed by atoms with E-state index in [1.807, 2.05) is 28.5 Å². The lowest BCUT2D eigenvalue weighted by molar-refractivity contribution is -0.127. The van der Waals surface area contributed by atoms with Gasteiger partial charge in [0.1, 0.15) is 10.8 Å². The van der Waals surface area contributed by atoms with Gasteiger partial charge in [-0.15, -0.1) is 21.5 Å². The molecule has 4 nitrogen and oxygen atoms in total. The molecule has 1 amide bonds. The molecule has 3 heterocycles. The number of aromatic nitrogens is 2. The molecule has 0 N–H and O–H groups in total. The van der Waals surface area contributed by atoms with Gasteiger partial charge < -0.3 is 4.90 Å². The van der Waals surface area contributed by atoms with Crippen LogP contribution in [0.4, 0.5) is 4.39 Å². The van der Waals surface area contributed by atoms with Crippen molar-refractivity contribution < 1.29 is 9.18 Å². The van der Waals surface area contributed by atoms with Crippen molar-refractivity contribution >= 4 is 34.7 Å². The molecule has 0 unspecified atom stereocenters. The van der Waals surface area contributed by atoms with Gasteiger partial charge in [-0.25, -0.2) is 4.39 Å². The smallest absolute Gasteiger partial charge is 0.246 e. The molecule has 2 aromatic heterocycles. The summed E-state index contributed by atoms with van der Waals surface area (Å²) in [5.74, 6) is -0.123. The minimum absolute atomic E-state index is 0.0203. The van der Waals surface area contributed by atoms with Gasteiger partial charge in [-0.05, 0) is 42.5 Å². The van der Waals surface area contributed by atoms with E-state index in [2.05, 4.69) is 10.2 Å². The number of carbonyl (C=O) groups is 1. The number of benzene rings is 1. The van der Waals surface area contributed by atoms with E-state index in [1.165, 1.54) is 17.4 Å². The Hall–Kier alpha value is -2.38. The average Bonchev–Trinajstić information content (AvgIpc) is 3.39. The first-order valence-corrected chi connectivity index (χ1v) is 10.5. The molecule has 1 aliphatic heterocycles. The van der Waals surface area contributed by atoms with Crippen LogP contribution in [0.3, 0.4) is 0 Å². The standard InChI is InChI=1S/C20H18FN3OS2/c21-17-8-2-1-7-16(17)20-23-22-19(27-20)14-5-3-11-24(13-14)18(25)10-9-15-6-4-12-26-15/h1-2,4,6-10,12,14H,3,5,11,13H2/b10-9+/t14-/m0/s1. The van der Waals surface area contributed by atoms with E-state index in [0.717, 1.165) is 29.3 Å². The first kappa shape index (κ1) is 18.0. The fraction of sp³-hybridized carbons (Fsp3) is 0.250. The van der Waals surface area contributed by atoms with Crippen molar-refractivity contribution in [2.75, 3.05) is 13.1 Å². The highest BCUT2D eigenvalue weighted by molar-refractivity contribution is 7.14. The molecule has 138 valence electrons. The van der Waals surface area contributed by atoms with Gasteiger partial charge in [-0.3, -0.25) is 4.79 Å². The summed E-state index contributed by atoms with van der Waals surface area (Å²) in [5, 5.41) is 11.9. The van der Waals surface area contributed by atoms with Gasteiger partial charge in [0.15, 0.2) is 5.01 Å². The summed E-state index contributed by atoms with van der Waals surface area (Å²) in [6.45, 7) is 1.38. The van der Waals surface area contributed by atoms with Crippen LogP contribution < -0.4 is 0 Å². The second-order valence-corrected chi connectivity index (χ2v) is 8.39. The number of likely N-dealkylation sites (tertiary alicyclic amines) is 1. The number of piperidine rings is 1. The van der Waals surface area contributed by atoms with Crippen molar-refractivity contribution in [3.63, 3.8) is 0 Å². The molecule has 4 rings (SSSR count). The molecule has 0 bridgehead atoms. The Balaban J connectivity index is 1.46. The van der Waals surface area contributed by atoms with Crippen molar-refractivity contribution in [3.8, 4) is 10.6 Å². The van der Waals surface area contributed by atoms with E-state index in [9.17, 15) is 9.18 Å². The van der Waals surface area contributed by atoms with Gasteiger partial charge in [0, 0.05) is 35.5 Å². The zero-order valence-electron chi connectivity index (χ0n) is 14.5. The highest BCUT2D eigenvalue weighted by atomic mass is 32.1. The van der Waals surface area contributed by atoms with Crippen molar-refractivity contribution in [1.82, 2.24) is 15.1 Å². The number of carbonyl (C=O) groups excluding carboxylic acids is 1. The van der Waals surface area contributed by atoms with Crippen LogP contribution >= 0.6 is 22.7 Å². The maximum Gasteiger partial charge on any atom is 0.246 e. The largest absolute Gasteiger partial charge is 0.338 e. The van der Waals surface area contributed by atoms with Gasteiger partial charge in [0.25, 0.3) is 0 Å². The van der Waals surface area contributed by atoms with E-state index < -0.39 is 0 Å². The van der Waals surface area contributed by atoms with Gasteiger partial charge in [0.05, 0.1) is 0 Å². The Morgan fingerprint density at radius 1 is 1.22 bits per heavy atom. The van der Waals surface area contributed by atoms with Crippen molar-refractivity contribution in [2.45, 2.75) is 18.8 Å². The lowest BCUT2D eigenvalue weighted by atomic mass is 9.99. The number of amides is 1. The molecule has 1 saturated heterocycles. The zero-order chi connectivity index (χ0) is 18.6. The highest BCUT2D eigenvalue weighted by Gasteiger charge is 2.26. The van der Waals surface area contributed by atoms with Crippen LogP contribution in [0.25, 0.3) is 16.6 Å². The molecular formula is C20H18FN3OS2. The summed E-state index contributed by atoms with van der Waals surface area (Å²) in [6, 6.07) is 10.5. The van der Waals surface area contributed by atoms with E-state index in [1.54, 1.807) is 35.6 Å². The Kier molecular flexibility index (Phi) is 5.40. The SMILES string of the molecule is O=C(/C=C/c1cccs1)N1CCC[C@H](c2nnc(-c3ccccc3F)s2)C1. The summed E-state index contributed by atoms with van der Waals surface area (Å²) < 4.78 is 14.0. The third-order valence-electron chi connectivity index (χ3n) is 4.56. The summed E-state index contributed by atoms with van der Waals surface area (Å²) >= 11 is 3.02. The Morgan fingerprint density at radius 2 is 2.11 bits per heavy atom. The molecule has 0 saturated carbocycles. The molecule has 1 atom stereocenters. The predicted octanol–water partition coefficient (Wildman–Crippen LogP) is 4.83. The Labute approximate surface area is 165 Å². The average molecular weight is 400 g/mol. The molecular weight excluding hydrogens is 381 g/mol. The van der Waals surface area contributed by atoms with Crippen LogP contribution in [-0.4, -0.2) is 34.1 Å². The zero-order valence-corrected chi connectivity index (χ0v) is 16.2. The van der Waals surface area contributed by atoms with Crippen LogP contribution in [0, 0.1) is 5.82 Å². The van der Waals surface area contributed by atoms with E-state index in [4.69, 9.17) is 0 Å². The Bertz CT molecular complexity index is 952. The van der Waals surface area contributed by atoms with E-state index in [-0.39, 0.29) is 17.6 Å². The summed E-state index contributed by atoms with van der Waals surface area (Å²) in [4.78, 5) is 15.4. The van der Waals surface area contributed by atoms with Crippen molar-refractivity contribution in [3.05, 3.63) is 63.6 Å². The number of halogens is 1. The monoisotopic (exact) mass is 399 g/mol. The maximum atomic E-state index is 14.0. The number of rotatable bonds is 4. The molecule has 1 fully saturated rings. The van der Waals surface area contributed by atoms with Crippen LogP contribution in [-0.2, 0) is 4.79 Å². The van der Waals surface area contributed by atoms with Gasteiger partial charge >= 0.3 is 0 Å². The highest BCUT2D eigenvalue weighted by Crippen LogP contribution is 2.33. The topological polar surface area (TPSA) is 46.1 Å². The van der Waals surface area contributed by atoms with Crippen LogP contribution in [0.15, 0.2) is 47.9 Å². The fourth-order valence-corrected chi connectivity index (χ4v) is 4.78. The predicted molar refractivity (Wildman–Crippen MR) is 107 cm³/mol. The molecule has 27 heavy (non-hydrogen) atoms. The summed E-state index contributed by atoms with van der Waals surface area (Å²) in [7, 11) is 0. The number of hydrogen-bond acceptors (Lipinski definition) is 5. The second kappa shape index (κ2) is 8.10. The molecule has 7 heteroatoms. The van der Waals surface area contributed by atoms with Crippen LogP contribution in [0.5, 0.6) is 0 Å². The first-order valence-electron chi connectivity index (χ1n) is 8.79. The van der Waals surface area contributed by atoms with Crippen LogP contribution in [0.1, 0.15) is 28.6 Å². The third kappa shape index (κ3) is 4.14. The molecule has 0 radical (unpaired) electrons. The molecule has 1 aliphatic rings. The molecule has 0 spiro atoms. The van der Waals surface area contributed by atoms with Gasteiger partial charge in [-0.1, -0.05) is 29.5 Å². The minimum atomic E-state index is -0.292. The molecule has 1 aromatic carbocycles. The number of hydrogen-bond donors (Lipinski definition) is 0. The third-order valence-corrected chi connectivity index (χ3v) is 6.52. The second-order valence-electron chi connectivity index (χ2n) is 6.40. The lowest BCUT2D eigenvalue weighted by Crippen LogP contribution is -2.38. The summed E-state index contributed by atoms with van der Waals surface area (Å²) in [6.07, 6.45) is 5.39. The van der Waals surface area contributed by atoms with Crippen molar-refractivity contribution in [2.24, 2.45) is 0 Å². The minimum Gasteiger partial charge on any atom is -0.338 e. The lowest BCUT2D eigenvalue weighted by Gasteiger charge is -2.30. The van der Waals surface area contributed by atoms with E-state index >= 15 is 0 Å². The van der Waals surface area contributed by atoms with Crippen molar-refractivity contribution in [1.29, 1.82) is 0 Å². The molecule has 3 aromatic rings. The number of nitrogens with zero attached hydrogens (tertiary/aromatic N) is 3. The fourth-order valence-electron chi connectivity index (χ4n) is 3.17. The normalized spacial score (nSPS) is 17.5. The van der Waals surface area contributed by atoms with Gasteiger partial charge in [0.2, 0.25) is 5.91 Å². The summed E-state index contributed by atoms with van der Waals surface area (Å²) in [5.41, 5.74) is 0.476. The van der Waals surface area contributed by atoms with Crippen LogP contribution in [0.2, 0.25) is 0 Å². The van der Waals surface area contributed by atoms with Gasteiger partial charge in [-0.2, -0.15) is 0 Å². The maximum absolute atomic E-state index is 14.0. The first-order chi connectivity index (χ1) is 13.2. The quantitative estimate of drug-likeness (QED) is 0.591.